The number of nitrogens with one attached hydrogen (secondary N) is 1. The lowest BCUT2D eigenvalue weighted by Crippen LogP contribution is -2.32. The maximum atomic E-state index is 12.5. The Morgan fingerprint density at radius 3 is 3.00 bits per heavy atom. The molecule has 0 radical (unpaired) electrons. The van der Waals surface area contributed by atoms with Crippen molar-refractivity contribution in [2.75, 3.05) is 25.5 Å². The molecule has 0 unspecified atom stereocenters. The number of nitro benzene ring substituents is 1. The highest BCUT2D eigenvalue weighted by molar-refractivity contribution is 7.10. The van der Waals surface area contributed by atoms with Crippen LogP contribution in [0.4, 0.5) is 11.4 Å². The van der Waals surface area contributed by atoms with Gasteiger partial charge in [0.15, 0.2) is 0 Å². The molecule has 2 aromatic rings. The van der Waals surface area contributed by atoms with Crippen LogP contribution < -0.4 is 10.1 Å². The minimum Gasteiger partial charge on any atom is -0.495 e. The molecule has 2 heterocycles. The number of amides is 1. The van der Waals surface area contributed by atoms with E-state index in [0.717, 1.165) is 19.4 Å². The standard InChI is InChI=1S/C17H19N3O4S/c1-24-15-7-6-12(20(22)23)10-13(15)18-17(21)11-19-8-2-4-14(19)16-5-3-9-25-16/h3,5-7,9-10,14H,2,4,8,11H2,1H3,(H,18,21)/t14-/m1/s1. The first kappa shape index (κ1) is 17.4. The summed E-state index contributed by atoms with van der Waals surface area (Å²) in [5.74, 6) is 0.192. The number of rotatable bonds is 6. The van der Waals surface area contributed by atoms with Crippen LogP contribution in [0.25, 0.3) is 0 Å². The number of non-ortho nitro benzene ring substituents is 1. The highest BCUT2D eigenvalue weighted by atomic mass is 32.1. The second kappa shape index (κ2) is 7.62. The molecule has 1 aromatic heterocycles. The van der Waals surface area contributed by atoms with Gasteiger partial charge in [-0.3, -0.25) is 19.8 Å². The van der Waals surface area contributed by atoms with Crippen LogP contribution in [0.2, 0.25) is 0 Å². The fourth-order valence-electron chi connectivity index (χ4n) is 3.10. The summed E-state index contributed by atoms with van der Waals surface area (Å²) in [5.41, 5.74) is 0.224. The molecule has 0 aliphatic carbocycles. The fourth-order valence-corrected chi connectivity index (χ4v) is 4.00. The largest absolute Gasteiger partial charge is 0.495 e. The van der Waals surface area contributed by atoms with Gasteiger partial charge >= 0.3 is 0 Å². The van der Waals surface area contributed by atoms with Gasteiger partial charge in [0, 0.05) is 23.1 Å². The van der Waals surface area contributed by atoms with E-state index in [4.69, 9.17) is 4.74 Å². The van der Waals surface area contributed by atoms with Gasteiger partial charge in [0.1, 0.15) is 5.75 Å². The molecule has 1 atom stereocenters. The summed E-state index contributed by atoms with van der Waals surface area (Å²) in [6.45, 7) is 1.11. The number of nitro groups is 1. The van der Waals surface area contributed by atoms with Gasteiger partial charge in [-0.15, -0.1) is 11.3 Å². The van der Waals surface area contributed by atoms with Crippen LogP contribution in [0.3, 0.4) is 0 Å². The molecule has 132 valence electrons. The van der Waals surface area contributed by atoms with Gasteiger partial charge in [-0.2, -0.15) is 0 Å². The minimum atomic E-state index is -0.498. The molecular formula is C17H19N3O4S. The van der Waals surface area contributed by atoms with Crippen LogP contribution in [0.5, 0.6) is 5.75 Å². The molecule has 7 nitrogen and oxygen atoms in total. The quantitative estimate of drug-likeness (QED) is 0.629. The van der Waals surface area contributed by atoms with E-state index in [1.165, 1.54) is 30.2 Å². The SMILES string of the molecule is COc1ccc([N+](=O)[O-])cc1NC(=O)CN1CCC[C@@H]1c1cccs1. The minimum absolute atomic E-state index is 0.0891. The Labute approximate surface area is 149 Å². The molecule has 3 rings (SSSR count). The number of nitrogens with zero attached hydrogens (tertiary/aromatic N) is 2. The smallest absolute Gasteiger partial charge is 0.271 e. The molecule has 1 N–H and O–H groups in total. The molecule has 1 fully saturated rings. The molecule has 1 aliphatic heterocycles. The Hall–Kier alpha value is -2.45. The van der Waals surface area contributed by atoms with Crippen LogP contribution in [0.1, 0.15) is 23.8 Å². The van der Waals surface area contributed by atoms with Crippen molar-refractivity contribution in [3.8, 4) is 5.75 Å². The number of carbonyl (C=O) groups is 1. The van der Waals surface area contributed by atoms with Gasteiger partial charge in [0.2, 0.25) is 5.91 Å². The highest BCUT2D eigenvalue weighted by Gasteiger charge is 2.28. The molecule has 8 heteroatoms. The third-order valence-electron chi connectivity index (χ3n) is 4.25. The highest BCUT2D eigenvalue weighted by Crippen LogP contribution is 2.34. The molecule has 0 bridgehead atoms. The van der Waals surface area contributed by atoms with Gasteiger partial charge in [-0.05, 0) is 36.9 Å². The molecule has 1 aliphatic rings. The van der Waals surface area contributed by atoms with E-state index in [2.05, 4.69) is 16.3 Å². The van der Waals surface area contributed by atoms with Crippen LogP contribution in [-0.2, 0) is 4.79 Å². The van der Waals surface area contributed by atoms with E-state index in [0.29, 0.717) is 11.4 Å². The van der Waals surface area contributed by atoms with Gasteiger partial charge in [-0.25, -0.2) is 0 Å². The number of hydrogen-bond donors (Lipinski definition) is 1. The van der Waals surface area contributed by atoms with E-state index in [1.54, 1.807) is 11.3 Å². The van der Waals surface area contributed by atoms with Crippen LogP contribution in [-0.4, -0.2) is 35.9 Å². The zero-order chi connectivity index (χ0) is 17.8. The van der Waals surface area contributed by atoms with Gasteiger partial charge < -0.3 is 10.1 Å². The number of benzene rings is 1. The Morgan fingerprint density at radius 1 is 1.48 bits per heavy atom. The fraction of sp³-hybridized carbons (Fsp3) is 0.353. The molecule has 0 saturated carbocycles. The van der Waals surface area contributed by atoms with Crippen molar-refractivity contribution < 1.29 is 14.5 Å². The topological polar surface area (TPSA) is 84.7 Å². The van der Waals surface area contributed by atoms with E-state index >= 15 is 0 Å². The molecule has 0 spiro atoms. The first-order chi connectivity index (χ1) is 12.1. The van der Waals surface area contributed by atoms with E-state index in [9.17, 15) is 14.9 Å². The second-order valence-corrected chi connectivity index (χ2v) is 6.81. The number of likely N-dealkylation sites (tertiary alicyclic amines) is 1. The van der Waals surface area contributed by atoms with Crippen LogP contribution in [0.15, 0.2) is 35.7 Å². The van der Waals surface area contributed by atoms with Crippen molar-refractivity contribution in [1.82, 2.24) is 4.90 Å². The lowest BCUT2D eigenvalue weighted by atomic mass is 10.2. The predicted octanol–water partition coefficient (Wildman–Crippen LogP) is 3.44. The first-order valence-electron chi connectivity index (χ1n) is 7.98. The number of carbonyl (C=O) groups excluding carboxylic acids is 1. The van der Waals surface area contributed by atoms with Gasteiger partial charge in [0.05, 0.1) is 24.3 Å². The van der Waals surface area contributed by atoms with Gasteiger partial charge in [-0.1, -0.05) is 6.07 Å². The lowest BCUT2D eigenvalue weighted by Gasteiger charge is -2.23. The van der Waals surface area contributed by atoms with E-state index < -0.39 is 4.92 Å². The summed E-state index contributed by atoms with van der Waals surface area (Å²) in [5, 5.41) is 15.7. The summed E-state index contributed by atoms with van der Waals surface area (Å²) in [6.07, 6.45) is 2.09. The van der Waals surface area contributed by atoms with E-state index in [1.807, 2.05) is 11.4 Å². The third-order valence-corrected chi connectivity index (χ3v) is 5.22. The Morgan fingerprint density at radius 2 is 2.32 bits per heavy atom. The normalized spacial score (nSPS) is 17.4. The van der Waals surface area contributed by atoms with Crippen molar-refractivity contribution >= 4 is 28.6 Å². The summed E-state index contributed by atoms with van der Waals surface area (Å²) in [4.78, 5) is 26.3. The number of thiophene rings is 1. The zero-order valence-electron chi connectivity index (χ0n) is 13.8. The molecule has 1 saturated heterocycles. The van der Waals surface area contributed by atoms with Crippen molar-refractivity contribution in [3.05, 3.63) is 50.7 Å². The predicted molar refractivity (Wildman–Crippen MR) is 96.1 cm³/mol. The number of hydrogen-bond acceptors (Lipinski definition) is 6. The maximum Gasteiger partial charge on any atom is 0.271 e. The Kier molecular flexibility index (Phi) is 5.30. The summed E-state index contributed by atoms with van der Waals surface area (Å²) < 4.78 is 5.18. The van der Waals surface area contributed by atoms with Crippen molar-refractivity contribution in [3.63, 3.8) is 0 Å². The van der Waals surface area contributed by atoms with Gasteiger partial charge in [0.25, 0.3) is 5.69 Å². The monoisotopic (exact) mass is 361 g/mol. The number of methoxy groups -OCH3 is 1. The lowest BCUT2D eigenvalue weighted by molar-refractivity contribution is -0.384. The second-order valence-electron chi connectivity index (χ2n) is 5.83. The molecule has 1 amide bonds. The average molecular weight is 361 g/mol. The molecule has 1 aromatic carbocycles. The Balaban J connectivity index is 1.70. The molecule has 25 heavy (non-hydrogen) atoms. The summed E-state index contributed by atoms with van der Waals surface area (Å²) in [7, 11) is 1.46. The van der Waals surface area contributed by atoms with Crippen molar-refractivity contribution in [2.24, 2.45) is 0 Å². The number of ether oxygens (including phenoxy) is 1. The molecular weight excluding hydrogens is 342 g/mol. The summed E-state index contributed by atoms with van der Waals surface area (Å²) >= 11 is 1.70. The first-order valence-corrected chi connectivity index (χ1v) is 8.86. The van der Waals surface area contributed by atoms with Crippen LogP contribution in [0, 0.1) is 10.1 Å². The average Bonchev–Trinajstić information content (AvgIpc) is 3.25. The van der Waals surface area contributed by atoms with E-state index in [-0.39, 0.29) is 24.2 Å². The van der Waals surface area contributed by atoms with Crippen molar-refractivity contribution in [1.29, 1.82) is 0 Å². The Bertz CT molecular complexity index is 763. The maximum absolute atomic E-state index is 12.5. The van der Waals surface area contributed by atoms with Crippen molar-refractivity contribution in [2.45, 2.75) is 18.9 Å². The zero-order valence-corrected chi connectivity index (χ0v) is 14.6. The van der Waals surface area contributed by atoms with Crippen LogP contribution >= 0.6 is 11.3 Å². The third kappa shape index (κ3) is 3.97. The summed E-state index contributed by atoms with van der Waals surface area (Å²) in [6, 6.07) is 8.52. The number of anilines is 1.